The van der Waals surface area contributed by atoms with Crippen molar-refractivity contribution < 1.29 is 9.53 Å². The number of rotatable bonds is 8. The van der Waals surface area contributed by atoms with Crippen LogP contribution in [0.25, 0.3) is 0 Å². The molecular weight excluding hydrogens is 272 g/mol. The fraction of sp³-hybridized carbons (Fsp3) is 0.533. The van der Waals surface area contributed by atoms with Crippen molar-refractivity contribution in [2.75, 3.05) is 19.1 Å². The molecule has 0 aromatic heterocycles. The molecule has 5 heteroatoms. The zero-order valence-corrected chi connectivity index (χ0v) is 13.2. The van der Waals surface area contributed by atoms with E-state index in [-0.39, 0.29) is 11.9 Å². The van der Waals surface area contributed by atoms with Crippen LogP contribution in [0, 0.1) is 0 Å². The molecule has 0 bridgehead atoms. The molecule has 0 saturated heterocycles. The number of carbonyl (C=O) groups excluding carboxylic acids is 1. The molecule has 1 amide bonds. The molecule has 112 valence electrons. The van der Waals surface area contributed by atoms with Gasteiger partial charge in [0.25, 0.3) is 0 Å². The van der Waals surface area contributed by atoms with E-state index in [1.807, 2.05) is 37.4 Å². The van der Waals surface area contributed by atoms with Crippen molar-refractivity contribution in [2.24, 2.45) is 5.73 Å². The Morgan fingerprint density at radius 1 is 1.40 bits per heavy atom. The van der Waals surface area contributed by atoms with Gasteiger partial charge < -0.3 is 15.8 Å². The number of amides is 1. The number of nitrogens with one attached hydrogen (secondary N) is 1. The van der Waals surface area contributed by atoms with Gasteiger partial charge in [-0.1, -0.05) is 19.1 Å². The minimum Gasteiger partial charge on any atom is -0.497 e. The quantitative estimate of drug-likeness (QED) is 0.773. The number of nitrogens with two attached hydrogens (primary N) is 1. The standard InChI is InChI=1S/C15H24N2O2S/c1-4-14(11-5-7-12(19-2)8-6-11)17-15(18)13(16)9-10-20-3/h5-8,13-14H,4,9-10,16H2,1-3H3,(H,17,18)/t13-,14?/m0/s1. The maximum Gasteiger partial charge on any atom is 0.237 e. The van der Waals surface area contributed by atoms with Gasteiger partial charge in [-0.3, -0.25) is 4.79 Å². The van der Waals surface area contributed by atoms with E-state index in [1.54, 1.807) is 18.9 Å². The molecule has 20 heavy (non-hydrogen) atoms. The normalized spacial score (nSPS) is 13.6. The number of ether oxygens (including phenoxy) is 1. The first-order valence-electron chi connectivity index (χ1n) is 6.81. The van der Waals surface area contributed by atoms with Crippen LogP contribution in [0.15, 0.2) is 24.3 Å². The zero-order chi connectivity index (χ0) is 15.0. The van der Waals surface area contributed by atoms with E-state index in [9.17, 15) is 4.79 Å². The summed E-state index contributed by atoms with van der Waals surface area (Å²) in [6.45, 7) is 2.04. The second kappa shape index (κ2) is 8.87. The lowest BCUT2D eigenvalue weighted by Gasteiger charge is -2.20. The summed E-state index contributed by atoms with van der Waals surface area (Å²) in [6, 6.07) is 7.31. The Bertz CT molecular complexity index is 409. The van der Waals surface area contributed by atoms with Crippen LogP contribution in [0.3, 0.4) is 0 Å². The molecule has 0 spiro atoms. The Morgan fingerprint density at radius 2 is 2.05 bits per heavy atom. The molecular formula is C15H24N2O2S. The molecule has 0 fully saturated rings. The first-order valence-corrected chi connectivity index (χ1v) is 8.20. The summed E-state index contributed by atoms with van der Waals surface area (Å²) in [4.78, 5) is 12.0. The van der Waals surface area contributed by atoms with Gasteiger partial charge in [0.1, 0.15) is 5.75 Å². The molecule has 1 aromatic rings. The lowest BCUT2D eigenvalue weighted by Crippen LogP contribution is -2.42. The largest absolute Gasteiger partial charge is 0.497 e. The maximum absolute atomic E-state index is 12.0. The third-order valence-corrected chi connectivity index (χ3v) is 3.86. The predicted octanol–water partition coefficient (Wildman–Crippen LogP) is 2.34. The van der Waals surface area contributed by atoms with Crippen molar-refractivity contribution >= 4 is 17.7 Å². The monoisotopic (exact) mass is 296 g/mol. The Balaban J connectivity index is 2.63. The first kappa shape index (κ1) is 16.9. The smallest absolute Gasteiger partial charge is 0.237 e. The van der Waals surface area contributed by atoms with Crippen molar-refractivity contribution in [2.45, 2.75) is 31.8 Å². The van der Waals surface area contributed by atoms with Crippen LogP contribution in [0.5, 0.6) is 5.75 Å². The number of thioether (sulfide) groups is 1. The van der Waals surface area contributed by atoms with Gasteiger partial charge in [0.15, 0.2) is 0 Å². The molecule has 1 rings (SSSR count). The molecule has 0 aliphatic rings. The summed E-state index contributed by atoms with van der Waals surface area (Å²) in [5.41, 5.74) is 6.95. The first-order chi connectivity index (χ1) is 9.62. The number of benzene rings is 1. The second-order valence-corrected chi connectivity index (χ2v) is 5.62. The van der Waals surface area contributed by atoms with Gasteiger partial charge in [-0.25, -0.2) is 0 Å². The molecule has 3 N–H and O–H groups in total. The molecule has 0 aliphatic heterocycles. The topological polar surface area (TPSA) is 64.4 Å². The summed E-state index contributed by atoms with van der Waals surface area (Å²) < 4.78 is 5.14. The Hall–Kier alpha value is -1.20. The van der Waals surface area contributed by atoms with E-state index in [2.05, 4.69) is 5.32 Å². The Kier molecular flexibility index (Phi) is 7.47. The average molecular weight is 296 g/mol. The molecule has 1 unspecified atom stereocenters. The molecule has 2 atom stereocenters. The number of methoxy groups -OCH3 is 1. The Morgan fingerprint density at radius 3 is 2.55 bits per heavy atom. The summed E-state index contributed by atoms with van der Waals surface area (Å²) in [5.74, 6) is 1.63. The molecule has 4 nitrogen and oxygen atoms in total. The van der Waals surface area contributed by atoms with E-state index >= 15 is 0 Å². The van der Waals surface area contributed by atoms with E-state index in [1.165, 1.54) is 0 Å². The molecule has 0 heterocycles. The van der Waals surface area contributed by atoms with E-state index in [0.29, 0.717) is 6.42 Å². The minimum absolute atomic E-state index is 0.00580. The number of hydrogen-bond donors (Lipinski definition) is 2. The van der Waals surface area contributed by atoms with Crippen LogP contribution in [0.2, 0.25) is 0 Å². The highest BCUT2D eigenvalue weighted by molar-refractivity contribution is 7.98. The van der Waals surface area contributed by atoms with E-state index < -0.39 is 6.04 Å². The third kappa shape index (κ3) is 5.06. The highest BCUT2D eigenvalue weighted by Gasteiger charge is 2.17. The average Bonchev–Trinajstić information content (AvgIpc) is 2.50. The second-order valence-electron chi connectivity index (χ2n) is 4.63. The summed E-state index contributed by atoms with van der Waals surface area (Å²) >= 11 is 1.70. The molecule has 0 radical (unpaired) electrons. The van der Waals surface area contributed by atoms with Crippen LogP contribution < -0.4 is 15.8 Å². The van der Waals surface area contributed by atoms with Crippen molar-refractivity contribution in [3.8, 4) is 5.75 Å². The van der Waals surface area contributed by atoms with Crippen molar-refractivity contribution in [1.29, 1.82) is 0 Å². The highest BCUT2D eigenvalue weighted by atomic mass is 32.2. The fourth-order valence-electron chi connectivity index (χ4n) is 1.91. The van der Waals surface area contributed by atoms with Gasteiger partial charge in [-0.2, -0.15) is 11.8 Å². The van der Waals surface area contributed by atoms with Crippen LogP contribution in [-0.4, -0.2) is 31.1 Å². The van der Waals surface area contributed by atoms with Gasteiger partial charge in [-0.15, -0.1) is 0 Å². The lowest BCUT2D eigenvalue weighted by molar-refractivity contribution is -0.123. The van der Waals surface area contributed by atoms with E-state index in [0.717, 1.165) is 23.5 Å². The van der Waals surface area contributed by atoms with Gasteiger partial charge >= 0.3 is 0 Å². The summed E-state index contributed by atoms with van der Waals surface area (Å²) in [6.07, 6.45) is 3.54. The van der Waals surface area contributed by atoms with Gasteiger partial charge in [-0.05, 0) is 42.5 Å². The maximum atomic E-state index is 12.0. The highest BCUT2D eigenvalue weighted by Crippen LogP contribution is 2.20. The van der Waals surface area contributed by atoms with Crippen molar-refractivity contribution in [3.63, 3.8) is 0 Å². The summed E-state index contributed by atoms with van der Waals surface area (Å²) in [7, 11) is 1.64. The molecule has 0 saturated carbocycles. The van der Waals surface area contributed by atoms with Crippen LogP contribution in [0.4, 0.5) is 0 Å². The number of carbonyl (C=O) groups is 1. The van der Waals surface area contributed by atoms with Crippen molar-refractivity contribution in [1.82, 2.24) is 5.32 Å². The predicted molar refractivity (Wildman–Crippen MR) is 85.1 cm³/mol. The van der Waals surface area contributed by atoms with Gasteiger partial charge in [0, 0.05) is 0 Å². The molecule has 0 aliphatic carbocycles. The summed E-state index contributed by atoms with van der Waals surface area (Å²) in [5, 5.41) is 3.02. The van der Waals surface area contributed by atoms with Crippen molar-refractivity contribution in [3.05, 3.63) is 29.8 Å². The van der Waals surface area contributed by atoms with Crippen LogP contribution in [-0.2, 0) is 4.79 Å². The van der Waals surface area contributed by atoms with Crippen LogP contribution in [0.1, 0.15) is 31.4 Å². The SMILES string of the molecule is CCC(NC(=O)[C@@H](N)CCSC)c1ccc(OC)cc1. The lowest BCUT2D eigenvalue weighted by atomic mass is 10.0. The number of hydrogen-bond acceptors (Lipinski definition) is 4. The van der Waals surface area contributed by atoms with Gasteiger partial charge in [0.2, 0.25) is 5.91 Å². The zero-order valence-electron chi connectivity index (χ0n) is 12.4. The van der Waals surface area contributed by atoms with E-state index in [4.69, 9.17) is 10.5 Å². The fourth-order valence-corrected chi connectivity index (χ4v) is 2.40. The molecule has 1 aromatic carbocycles. The Labute approximate surface area is 125 Å². The third-order valence-electron chi connectivity index (χ3n) is 3.21. The minimum atomic E-state index is -0.435. The van der Waals surface area contributed by atoms with Crippen LogP contribution >= 0.6 is 11.8 Å². The van der Waals surface area contributed by atoms with Gasteiger partial charge in [0.05, 0.1) is 19.2 Å².